The first-order valence-corrected chi connectivity index (χ1v) is 16.5. The lowest BCUT2D eigenvalue weighted by molar-refractivity contribution is -0.384. The van der Waals surface area contributed by atoms with E-state index in [0.29, 0.717) is 11.1 Å². The Morgan fingerprint density at radius 2 is 1.18 bits per heavy atom. The van der Waals surface area contributed by atoms with E-state index in [-0.39, 0.29) is 12.4 Å². The van der Waals surface area contributed by atoms with Crippen LogP contribution in [0.15, 0.2) is 84.9 Å². The summed E-state index contributed by atoms with van der Waals surface area (Å²) in [5.41, 5.74) is -11.9. The highest BCUT2D eigenvalue weighted by molar-refractivity contribution is 7.88. The highest BCUT2D eigenvalue weighted by atomic mass is 32.2. The second kappa shape index (κ2) is 15.4. The summed E-state index contributed by atoms with van der Waals surface area (Å²) < 4.78 is 162. The molecule has 3 aromatic carbocycles. The fraction of sp³-hybridized carbons (Fsp3) is 0.357. The number of halogens is 6. The molecule has 1 fully saturated rings. The van der Waals surface area contributed by atoms with E-state index >= 15 is 0 Å². The number of benzene rings is 3. The zero-order valence-electron chi connectivity index (χ0n) is 24.5. The molecule has 1 saturated heterocycles. The van der Waals surface area contributed by atoms with Gasteiger partial charge in [0.2, 0.25) is 6.29 Å². The second-order valence-corrected chi connectivity index (χ2v) is 13.2. The van der Waals surface area contributed by atoms with Gasteiger partial charge in [0.05, 0.1) is 24.7 Å². The lowest BCUT2D eigenvalue weighted by atomic mass is 9.99. The average molecular weight is 746 g/mol. The minimum Gasteiger partial charge on any atom is -0.462 e. The maximum absolute atomic E-state index is 13.6. The molecular weight excluding hydrogens is 720 g/mol. The molecule has 0 saturated carbocycles. The van der Waals surface area contributed by atoms with Crippen LogP contribution in [0.3, 0.4) is 0 Å². The van der Waals surface area contributed by atoms with Crippen LogP contribution in [0.1, 0.15) is 11.1 Å². The minimum absolute atomic E-state index is 0.271. The number of alkyl halides is 6. The van der Waals surface area contributed by atoms with Gasteiger partial charge < -0.3 is 18.9 Å². The van der Waals surface area contributed by atoms with Gasteiger partial charge in [0.1, 0.15) is 24.1 Å². The summed E-state index contributed by atoms with van der Waals surface area (Å²) in [5, 5.41) is 11.1. The summed E-state index contributed by atoms with van der Waals surface area (Å²) in [6.07, 6.45) is -12.1. The van der Waals surface area contributed by atoms with E-state index in [1.165, 1.54) is 24.3 Å². The number of nitrogens with zero attached hydrogens (tertiary/aromatic N) is 1. The SMILES string of the molecule is O=[N+]([O-])c1ccc(O[C@H]2O[C@H](COCc3ccccc3)[C@H](OS(=O)(=O)C(F)(F)F)[C@H](OS(=O)(=O)C(F)(F)F)[C@H]2OCc2ccccc2)cc1. The van der Waals surface area contributed by atoms with Crippen LogP contribution in [0.2, 0.25) is 0 Å². The largest absolute Gasteiger partial charge is 0.523 e. The molecule has 1 aliphatic heterocycles. The molecule has 0 radical (unpaired) electrons. The van der Waals surface area contributed by atoms with E-state index in [1.807, 2.05) is 0 Å². The van der Waals surface area contributed by atoms with Crippen LogP contribution in [0.5, 0.6) is 5.75 Å². The molecule has 0 N–H and O–H groups in total. The number of nitro benzene ring substituents is 1. The van der Waals surface area contributed by atoms with E-state index < -0.39 is 85.8 Å². The first-order chi connectivity index (χ1) is 22.9. The quantitative estimate of drug-likeness (QED) is 0.0716. The van der Waals surface area contributed by atoms with Gasteiger partial charge >= 0.3 is 31.3 Å². The summed E-state index contributed by atoms with van der Waals surface area (Å²) >= 11 is 0. The fourth-order valence-electron chi connectivity index (χ4n) is 4.33. The lowest BCUT2D eigenvalue weighted by Crippen LogP contribution is -2.64. The molecule has 3 aromatic rings. The monoisotopic (exact) mass is 745 g/mol. The van der Waals surface area contributed by atoms with E-state index in [2.05, 4.69) is 8.37 Å². The van der Waals surface area contributed by atoms with Crippen LogP contribution >= 0.6 is 0 Å². The molecule has 5 atom stereocenters. The normalized spacial score (nSPS) is 22.0. The maximum Gasteiger partial charge on any atom is 0.523 e. The van der Waals surface area contributed by atoms with Crippen molar-refractivity contribution in [1.82, 2.24) is 0 Å². The molecule has 0 unspecified atom stereocenters. The van der Waals surface area contributed by atoms with Gasteiger partial charge in [0.25, 0.3) is 5.69 Å². The number of non-ortho nitro benzene ring substituents is 1. The highest BCUT2D eigenvalue weighted by Gasteiger charge is 2.59. The van der Waals surface area contributed by atoms with E-state index in [4.69, 9.17) is 18.9 Å². The summed E-state index contributed by atoms with van der Waals surface area (Å²) in [5.74, 6) is -0.271. The molecule has 0 aliphatic carbocycles. The Labute approximate surface area is 274 Å². The van der Waals surface area contributed by atoms with Crippen molar-refractivity contribution in [2.45, 2.75) is 54.9 Å². The minimum atomic E-state index is -6.70. The van der Waals surface area contributed by atoms with Crippen molar-refractivity contribution in [2.75, 3.05) is 6.61 Å². The van der Waals surface area contributed by atoms with Crippen molar-refractivity contribution in [2.24, 2.45) is 0 Å². The van der Waals surface area contributed by atoms with Gasteiger partial charge in [-0.3, -0.25) is 18.5 Å². The third-order valence-corrected chi connectivity index (χ3v) is 8.70. The van der Waals surface area contributed by atoms with E-state index in [9.17, 15) is 53.3 Å². The third-order valence-electron chi connectivity index (χ3n) is 6.61. The van der Waals surface area contributed by atoms with Gasteiger partial charge in [-0.15, -0.1) is 0 Å². The zero-order valence-corrected chi connectivity index (χ0v) is 26.2. The molecule has 1 heterocycles. The first-order valence-electron chi connectivity index (χ1n) is 13.7. The van der Waals surface area contributed by atoms with Gasteiger partial charge in [0.15, 0.2) is 6.10 Å². The Balaban J connectivity index is 1.81. The first kappa shape index (κ1) is 38.0. The Bertz CT molecular complexity index is 1760. The zero-order chi connectivity index (χ0) is 36.0. The predicted octanol–water partition coefficient (Wildman–Crippen LogP) is 4.97. The molecule has 0 bridgehead atoms. The van der Waals surface area contributed by atoms with E-state index in [0.717, 1.165) is 24.3 Å². The number of nitro groups is 1. The van der Waals surface area contributed by atoms with Gasteiger partial charge in [-0.2, -0.15) is 43.2 Å². The van der Waals surface area contributed by atoms with Gasteiger partial charge in [-0.25, -0.2) is 0 Å². The Morgan fingerprint density at radius 3 is 1.67 bits per heavy atom. The van der Waals surface area contributed by atoms with Gasteiger partial charge in [0, 0.05) is 12.1 Å². The number of hydrogen-bond donors (Lipinski definition) is 0. The highest BCUT2D eigenvalue weighted by Crippen LogP contribution is 2.38. The van der Waals surface area contributed by atoms with Gasteiger partial charge in [-0.05, 0) is 23.3 Å². The maximum atomic E-state index is 13.6. The topological polar surface area (TPSA) is 167 Å². The molecule has 4 rings (SSSR count). The molecule has 0 amide bonds. The molecule has 0 aromatic heterocycles. The fourth-order valence-corrected chi connectivity index (χ4v) is 5.58. The van der Waals surface area contributed by atoms with Gasteiger partial charge in [-0.1, -0.05) is 60.7 Å². The predicted molar refractivity (Wildman–Crippen MR) is 153 cm³/mol. The molecule has 21 heteroatoms. The Hall–Kier alpha value is -3.86. The molecule has 13 nitrogen and oxygen atoms in total. The number of rotatable bonds is 14. The molecular formula is C28H25F6NO12S2. The summed E-state index contributed by atoms with van der Waals surface area (Å²) in [4.78, 5) is 10.3. The van der Waals surface area contributed by atoms with Crippen LogP contribution in [0.4, 0.5) is 32.0 Å². The van der Waals surface area contributed by atoms with Crippen molar-refractivity contribution < 1.29 is 75.4 Å². The van der Waals surface area contributed by atoms with Crippen LogP contribution in [-0.4, -0.2) is 70.1 Å². The Morgan fingerprint density at radius 1 is 0.694 bits per heavy atom. The third kappa shape index (κ3) is 9.86. The summed E-state index contributed by atoms with van der Waals surface area (Å²) in [6.45, 7) is -1.77. The van der Waals surface area contributed by atoms with Crippen molar-refractivity contribution in [3.8, 4) is 5.75 Å². The van der Waals surface area contributed by atoms with Crippen molar-refractivity contribution in [3.63, 3.8) is 0 Å². The van der Waals surface area contributed by atoms with Crippen molar-refractivity contribution in [3.05, 3.63) is 106 Å². The summed E-state index contributed by atoms with van der Waals surface area (Å²) in [6, 6.07) is 19.5. The average Bonchev–Trinajstić information content (AvgIpc) is 3.02. The number of ether oxygens (including phenoxy) is 4. The molecule has 49 heavy (non-hydrogen) atoms. The Kier molecular flexibility index (Phi) is 11.9. The summed E-state index contributed by atoms with van der Waals surface area (Å²) in [7, 11) is -13.4. The number of hydrogen-bond acceptors (Lipinski definition) is 12. The smallest absolute Gasteiger partial charge is 0.462 e. The van der Waals surface area contributed by atoms with Crippen molar-refractivity contribution in [1.29, 1.82) is 0 Å². The second-order valence-electron chi connectivity index (χ2n) is 10.1. The van der Waals surface area contributed by atoms with Crippen LogP contribution in [0.25, 0.3) is 0 Å². The van der Waals surface area contributed by atoms with E-state index in [1.54, 1.807) is 36.4 Å². The van der Waals surface area contributed by atoms with Crippen LogP contribution in [0, 0.1) is 10.1 Å². The van der Waals surface area contributed by atoms with Crippen LogP contribution in [-0.2, 0) is 56.0 Å². The molecule has 0 spiro atoms. The standard InChI is InChI=1S/C28H25F6NO12S2/c29-27(30,31)48(38,39)46-23-22(17-42-15-18-7-3-1-4-8-18)45-26(44-21-13-11-20(12-14-21)35(36)37)25(43-16-19-9-5-2-6-10-19)24(23)47-49(40,41)28(32,33)34/h1-14,22-26H,15-17H2/t22-,23+,24+,25-,26+/m1/s1. The molecule has 268 valence electrons. The van der Waals surface area contributed by atoms with Crippen LogP contribution < -0.4 is 4.74 Å². The lowest BCUT2D eigenvalue weighted by Gasteiger charge is -2.44. The van der Waals surface area contributed by atoms with Crippen molar-refractivity contribution >= 4 is 25.9 Å². The molecule has 1 aliphatic rings.